The predicted molar refractivity (Wildman–Crippen MR) is 138 cm³/mol. The average Bonchev–Trinajstić information content (AvgIpc) is 3.34. The number of hydrogen-bond acceptors (Lipinski definition) is 7. The molecule has 2 aromatic heterocycles. The Morgan fingerprint density at radius 2 is 2.00 bits per heavy atom. The number of fused-ring (bicyclic) bond motifs is 1. The molecule has 2 N–H and O–H groups in total. The molecule has 5 rings (SSSR count). The largest absolute Gasteiger partial charge is 0.497 e. The number of nitrogens with zero attached hydrogens (tertiary/aromatic N) is 5. The van der Waals surface area contributed by atoms with Crippen molar-refractivity contribution in [3.63, 3.8) is 0 Å². The van der Waals surface area contributed by atoms with E-state index in [-0.39, 0.29) is 6.54 Å². The van der Waals surface area contributed by atoms with Gasteiger partial charge in [-0.3, -0.25) is 0 Å². The quantitative estimate of drug-likeness (QED) is 0.385. The van der Waals surface area contributed by atoms with E-state index in [4.69, 9.17) is 19.4 Å². The van der Waals surface area contributed by atoms with E-state index in [0.717, 1.165) is 45.3 Å². The summed E-state index contributed by atoms with van der Waals surface area (Å²) in [6.07, 6.45) is 3.78. The molecule has 10 heteroatoms. The third-order valence-electron chi connectivity index (χ3n) is 6.35. The molecule has 0 aliphatic carbocycles. The maximum absolute atomic E-state index is 11.7. The minimum absolute atomic E-state index is 0.261. The van der Waals surface area contributed by atoms with E-state index in [1.165, 1.54) is 4.90 Å². The summed E-state index contributed by atoms with van der Waals surface area (Å²) in [7, 11) is 3.26. The Kier molecular flexibility index (Phi) is 6.63. The van der Waals surface area contributed by atoms with Crippen LogP contribution >= 0.6 is 0 Å². The normalized spacial score (nSPS) is 12.7. The zero-order chi connectivity index (χ0) is 25.9. The molecular formula is C27H28N6O4. The molecule has 37 heavy (non-hydrogen) atoms. The molecule has 1 aliphatic rings. The first-order chi connectivity index (χ1) is 17.9. The molecule has 4 aromatic rings. The minimum Gasteiger partial charge on any atom is -0.497 e. The number of hydrogen-bond donors (Lipinski definition) is 2. The Hall–Kier alpha value is -4.60. The molecule has 0 atom stereocenters. The smallest absolute Gasteiger partial charge is 0.407 e. The lowest BCUT2D eigenvalue weighted by Crippen LogP contribution is -2.36. The molecule has 3 heterocycles. The number of benzene rings is 2. The highest BCUT2D eigenvalue weighted by Crippen LogP contribution is 2.30. The zero-order valence-electron chi connectivity index (χ0n) is 20.9. The molecule has 10 nitrogen and oxygen atoms in total. The SMILES string of the molecule is COc1cccc(Cc2nc(Nc3ccc(-n4cnc(C)c4)c(OC)c3)nc3c2CN(C(=O)O)CC3)c1. The van der Waals surface area contributed by atoms with E-state index in [0.29, 0.717) is 31.1 Å². The molecular weight excluding hydrogens is 472 g/mol. The van der Waals surface area contributed by atoms with Crippen LogP contribution in [-0.2, 0) is 19.4 Å². The number of methoxy groups -OCH3 is 2. The molecule has 2 aromatic carbocycles. The number of carbonyl (C=O) groups is 1. The summed E-state index contributed by atoms with van der Waals surface area (Å²) in [5.74, 6) is 1.88. The number of rotatable bonds is 7. The number of ether oxygens (including phenoxy) is 2. The second kappa shape index (κ2) is 10.2. The molecule has 0 saturated carbocycles. The van der Waals surface area contributed by atoms with Crippen molar-refractivity contribution in [1.29, 1.82) is 0 Å². The monoisotopic (exact) mass is 500 g/mol. The van der Waals surface area contributed by atoms with Gasteiger partial charge in [0.15, 0.2) is 0 Å². The van der Waals surface area contributed by atoms with Crippen molar-refractivity contribution in [3.8, 4) is 17.2 Å². The maximum atomic E-state index is 11.7. The number of imidazole rings is 1. The highest BCUT2D eigenvalue weighted by molar-refractivity contribution is 5.66. The van der Waals surface area contributed by atoms with Crippen LogP contribution in [-0.4, -0.2) is 56.4 Å². The third kappa shape index (κ3) is 5.18. The molecule has 0 saturated heterocycles. The van der Waals surface area contributed by atoms with E-state index in [1.54, 1.807) is 20.5 Å². The highest BCUT2D eigenvalue weighted by atomic mass is 16.5. The van der Waals surface area contributed by atoms with Gasteiger partial charge in [0.25, 0.3) is 0 Å². The lowest BCUT2D eigenvalue weighted by Gasteiger charge is -2.27. The van der Waals surface area contributed by atoms with Crippen LogP contribution in [0.15, 0.2) is 55.0 Å². The van der Waals surface area contributed by atoms with Gasteiger partial charge in [0, 0.05) is 42.9 Å². The number of aryl methyl sites for hydroxylation is 1. The average molecular weight is 501 g/mol. The molecule has 1 amide bonds. The topological polar surface area (TPSA) is 115 Å². The summed E-state index contributed by atoms with van der Waals surface area (Å²) in [6.45, 7) is 2.59. The first-order valence-electron chi connectivity index (χ1n) is 11.9. The zero-order valence-corrected chi connectivity index (χ0v) is 20.9. The van der Waals surface area contributed by atoms with Gasteiger partial charge in [-0.1, -0.05) is 12.1 Å². The minimum atomic E-state index is -0.944. The molecule has 1 aliphatic heterocycles. The van der Waals surface area contributed by atoms with E-state index in [9.17, 15) is 9.90 Å². The van der Waals surface area contributed by atoms with E-state index in [1.807, 2.05) is 60.2 Å². The van der Waals surface area contributed by atoms with Crippen LogP contribution < -0.4 is 14.8 Å². The summed E-state index contributed by atoms with van der Waals surface area (Å²) in [5.41, 5.74) is 6.05. The molecule has 0 unspecified atom stereocenters. The molecule has 0 spiro atoms. The lowest BCUT2D eigenvalue weighted by atomic mass is 9.99. The van der Waals surface area contributed by atoms with Crippen molar-refractivity contribution >= 4 is 17.7 Å². The van der Waals surface area contributed by atoms with Crippen LogP contribution in [0.25, 0.3) is 5.69 Å². The summed E-state index contributed by atoms with van der Waals surface area (Å²) in [4.78, 5) is 26.9. The summed E-state index contributed by atoms with van der Waals surface area (Å²) < 4.78 is 12.9. The Morgan fingerprint density at radius 1 is 1.14 bits per heavy atom. The van der Waals surface area contributed by atoms with Gasteiger partial charge in [-0.2, -0.15) is 0 Å². The molecule has 0 fully saturated rings. The summed E-state index contributed by atoms with van der Waals surface area (Å²) in [5, 5.41) is 12.9. The van der Waals surface area contributed by atoms with Crippen LogP contribution in [0.3, 0.4) is 0 Å². The number of aromatic nitrogens is 4. The molecule has 0 radical (unpaired) electrons. The number of anilines is 2. The van der Waals surface area contributed by atoms with Crippen molar-refractivity contribution < 1.29 is 19.4 Å². The number of carboxylic acid groups (broad SMARTS) is 1. The van der Waals surface area contributed by atoms with E-state index in [2.05, 4.69) is 10.3 Å². The Bertz CT molecular complexity index is 1450. The Morgan fingerprint density at radius 3 is 2.73 bits per heavy atom. The maximum Gasteiger partial charge on any atom is 0.407 e. The molecule has 190 valence electrons. The highest BCUT2D eigenvalue weighted by Gasteiger charge is 2.25. The number of amides is 1. The lowest BCUT2D eigenvalue weighted by molar-refractivity contribution is 0.139. The van der Waals surface area contributed by atoms with Crippen molar-refractivity contribution in [2.75, 3.05) is 26.1 Å². The van der Waals surface area contributed by atoms with Gasteiger partial charge in [-0.15, -0.1) is 0 Å². The van der Waals surface area contributed by atoms with Gasteiger partial charge in [0.05, 0.1) is 49.9 Å². The van der Waals surface area contributed by atoms with Crippen LogP contribution in [0, 0.1) is 6.92 Å². The van der Waals surface area contributed by atoms with Gasteiger partial charge in [0.1, 0.15) is 11.5 Å². The van der Waals surface area contributed by atoms with Crippen LogP contribution in [0.1, 0.15) is 28.2 Å². The van der Waals surface area contributed by atoms with Crippen LogP contribution in [0.5, 0.6) is 11.5 Å². The van der Waals surface area contributed by atoms with Crippen molar-refractivity contribution in [2.45, 2.75) is 26.3 Å². The Labute approximate surface area is 214 Å². The summed E-state index contributed by atoms with van der Waals surface area (Å²) >= 11 is 0. The first kappa shape index (κ1) is 24.1. The fraction of sp³-hybridized carbons (Fsp3) is 0.259. The van der Waals surface area contributed by atoms with E-state index >= 15 is 0 Å². The fourth-order valence-corrected chi connectivity index (χ4v) is 4.47. The van der Waals surface area contributed by atoms with Crippen molar-refractivity contribution in [1.82, 2.24) is 24.4 Å². The van der Waals surface area contributed by atoms with Gasteiger partial charge < -0.3 is 29.4 Å². The van der Waals surface area contributed by atoms with Crippen LogP contribution in [0.2, 0.25) is 0 Å². The van der Waals surface area contributed by atoms with Gasteiger partial charge in [-0.05, 0) is 36.8 Å². The first-order valence-corrected chi connectivity index (χ1v) is 11.9. The summed E-state index contributed by atoms with van der Waals surface area (Å²) in [6, 6.07) is 13.6. The fourth-order valence-electron chi connectivity index (χ4n) is 4.47. The predicted octanol–water partition coefficient (Wildman–Crippen LogP) is 4.36. The van der Waals surface area contributed by atoms with Crippen LogP contribution in [0.4, 0.5) is 16.4 Å². The van der Waals surface area contributed by atoms with E-state index < -0.39 is 6.09 Å². The Balaban J connectivity index is 1.49. The van der Waals surface area contributed by atoms with Crippen molar-refractivity contribution in [2.24, 2.45) is 0 Å². The second-order valence-electron chi connectivity index (χ2n) is 8.84. The van der Waals surface area contributed by atoms with Gasteiger partial charge >= 0.3 is 6.09 Å². The number of nitrogens with one attached hydrogen (secondary N) is 1. The second-order valence-corrected chi connectivity index (χ2v) is 8.84. The van der Waals surface area contributed by atoms with Gasteiger partial charge in [0.2, 0.25) is 5.95 Å². The standard InChI is InChI=1S/C27H28N6O4/c1-17-14-33(16-28-17)24-8-7-19(13-25(24)37-3)29-26-30-22-9-10-32(27(34)35)15-21(22)23(31-26)12-18-5-4-6-20(11-18)36-2/h4-8,11,13-14,16H,9-10,12,15H2,1-3H3,(H,34,35)(H,29,30,31). The van der Waals surface area contributed by atoms with Gasteiger partial charge in [-0.25, -0.2) is 19.7 Å². The third-order valence-corrected chi connectivity index (χ3v) is 6.35. The van der Waals surface area contributed by atoms with Crippen molar-refractivity contribution in [3.05, 3.63) is 83.2 Å². The molecule has 0 bridgehead atoms.